The van der Waals surface area contributed by atoms with Crippen LogP contribution in [0.1, 0.15) is 27.2 Å². The van der Waals surface area contributed by atoms with Crippen molar-refractivity contribution in [2.75, 3.05) is 7.11 Å². The van der Waals surface area contributed by atoms with Crippen LogP contribution >= 0.6 is 0 Å². The van der Waals surface area contributed by atoms with E-state index in [2.05, 4.69) is 10.4 Å². The Morgan fingerprint density at radius 2 is 2.04 bits per heavy atom. The number of aromatic nitrogens is 2. The highest BCUT2D eigenvalue weighted by atomic mass is 16.5. The molecular weight excluding hydrogens is 330 g/mol. The number of ether oxygens (including phenoxy) is 1. The summed E-state index contributed by atoms with van der Waals surface area (Å²) in [5, 5.41) is 16.9. The van der Waals surface area contributed by atoms with E-state index in [1.807, 2.05) is 38.1 Å². The molecule has 1 heterocycles. The van der Waals surface area contributed by atoms with Crippen LogP contribution in [0.3, 0.4) is 0 Å². The first-order valence-corrected chi connectivity index (χ1v) is 8.26. The van der Waals surface area contributed by atoms with Crippen LogP contribution in [0, 0.1) is 13.8 Å². The van der Waals surface area contributed by atoms with Crippen molar-refractivity contribution in [2.45, 2.75) is 20.4 Å². The molecule has 0 fully saturated rings. The average Bonchev–Trinajstić information content (AvgIpc) is 3.13. The summed E-state index contributed by atoms with van der Waals surface area (Å²) in [6, 6.07) is 12.7. The van der Waals surface area contributed by atoms with Gasteiger partial charge in [0.15, 0.2) is 5.69 Å². The van der Waals surface area contributed by atoms with Crippen molar-refractivity contribution in [3.63, 3.8) is 0 Å². The van der Waals surface area contributed by atoms with E-state index in [1.54, 1.807) is 36.2 Å². The predicted octanol–water partition coefficient (Wildman–Crippen LogP) is 3.13. The third-order valence-electron chi connectivity index (χ3n) is 4.26. The van der Waals surface area contributed by atoms with E-state index in [9.17, 15) is 9.90 Å². The van der Waals surface area contributed by atoms with E-state index in [-0.39, 0.29) is 11.7 Å². The van der Waals surface area contributed by atoms with Crippen molar-refractivity contribution in [1.82, 2.24) is 15.1 Å². The molecule has 1 amide bonds. The van der Waals surface area contributed by atoms with Crippen molar-refractivity contribution >= 4 is 5.91 Å². The Labute approximate surface area is 152 Å². The van der Waals surface area contributed by atoms with Gasteiger partial charge in [0.05, 0.1) is 7.11 Å². The number of aromatic hydroxyl groups is 1. The molecule has 0 saturated carbocycles. The van der Waals surface area contributed by atoms with Gasteiger partial charge in [0.2, 0.25) is 0 Å². The Bertz CT molecular complexity index is 947. The van der Waals surface area contributed by atoms with Gasteiger partial charge in [-0.3, -0.25) is 4.79 Å². The molecule has 0 bridgehead atoms. The lowest BCUT2D eigenvalue weighted by Crippen LogP contribution is -2.23. The first-order valence-electron chi connectivity index (χ1n) is 8.26. The zero-order valence-electron chi connectivity index (χ0n) is 15.0. The first-order chi connectivity index (χ1) is 12.5. The molecular formula is C20H21N3O3. The largest absolute Gasteiger partial charge is 0.508 e. The van der Waals surface area contributed by atoms with Gasteiger partial charge in [-0.25, -0.2) is 4.68 Å². The second-order valence-corrected chi connectivity index (χ2v) is 6.06. The van der Waals surface area contributed by atoms with Gasteiger partial charge in [0.25, 0.3) is 5.91 Å². The molecule has 3 aromatic rings. The number of phenols is 1. The molecule has 1 aromatic heterocycles. The summed E-state index contributed by atoms with van der Waals surface area (Å²) >= 11 is 0. The molecule has 2 aromatic carbocycles. The quantitative estimate of drug-likeness (QED) is 0.740. The monoisotopic (exact) mass is 351 g/mol. The third kappa shape index (κ3) is 3.54. The number of methoxy groups -OCH3 is 1. The molecule has 0 radical (unpaired) electrons. The number of benzene rings is 2. The first kappa shape index (κ1) is 17.5. The molecule has 2 N–H and O–H groups in total. The van der Waals surface area contributed by atoms with E-state index in [0.717, 1.165) is 22.4 Å². The van der Waals surface area contributed by atoms with Gasteiger partial charge in [-0.15, -0.1) is 0 Å². The normalized spacial score (nSPS) is 10.6. The third-order valence-corrected chi connectivity index (χ3v) is 4.26. The molecule has 6 nitrogen and oxygen atoms in total. The maximum Gasteiger partial charge on any atom is 0.272 e. The number of nitrogens with zero attached hydrogens (tertiary/aromatic N) is 2. The van der Waals surface area contributed by atoms with Crippen molar-refractivity contribution in [1.29, 1.82) is 0 Å². The lowest BCUT2D eigenvalue weighted by Gasteiger charge is -2.09. The highest BCUT2D eigenvalue weighted by Crippen LogP contribution is 2.23. The average molecular weight is 351 g/mol. The number of carbonyl (C=O) groups excluding carboxylic acids is 1. The Hall–Kier alpha value is -3.28. The molecule has 0 spiro atoms. The van der Waals surface area contributed by atoms with Gasteiger partial charge in [0.1, 0.15) is 17.2 Å². The minimum Gasteiger partial charge on any atom is -0.508 e. The fraction of sp³-hybridized carbons (Fsp3) is 0.200. The highest BCUT2D eigenvalue weighted by Gasteiger charge is 2.13. The van der Waals surface area contributed by atoms with E-state index in [4.69, 9.17) is 4.74 Å². The van der Waals surface area contributed by atoms with E-state index >= 15 is 0 Å². The van der Waals surface area contributed by atoms with Gasteiger partial charge >= 0.3 is 0 Å². The molecule has 0 atom stereocenters. The summed E-state index contributed by atoms with van der Waals surface area (Å²) in [7, 11) is 1.60. The number of hydrogen-bond acceptors (Lipinski definition) is 4. The van der Waals surface area contributed by atoms with Gasteiger partial charge in [-0.2, -0.15) is 5.10 Å². The lowest BCUT2D eigenvalue weighted by atomic mass is 10.1. The number of amides is 1. The van der Waals surface area contributed by atoms with Crippen LogP contribution < -0.4 is 10.1 Å². The molecule has 0 aliphatic heterocycles. The molecule has 0 saturated heterocycles. The van der Waals surface area contributed by atoms with Crippen molar-refractivity contribution in [2.24, 2.45) is 0 Å². The maximum atomic E-state index is 12.4. The second kappa shape index (κ2) is 7.31. The fourth-order valence-electron chi connectivity index (χ4n) is 2.69. The zero-order valence-corrected chi connectivity index (χ0v) is 15.0. The number of carbonyl (C=O) groups is 1. The Balaban J connectivity index is 1.76. The van der Waals surface area contributed by atoms with Crippen LogP contribution in [-0.4, -0.2) is 27.9 Å². The summed E-state index contributed by atoms with van der Waals surface area (Å²) in [4.78, 5) is 12.4. The molecule has 0 aliphatic carbocycles. The van der Waals surface area contributed by atoms with Gasteiger partial charge < -0.3 is 15.2 Å². The SMILES string of the molecule is COc1ccc(C)cc1-n1ccc(C(=O)NCc2cccc(O)c2C)n1. The molecule has 134 valence electrons. The van der Waals surface area contributed by atoms with E-state index in [0.29, 0.717) is 18.0 Å². The molecule has 26 heavy (non-hydrogen) atoms. The number of hydrogen-bond donors (Lipinski definition) is 2. The lowest BCUT2D eigenvalue weighted by molar-refractivity contribution is 0.0945. The number of rotatable bonds is 5. The van der Waals surface area contributed by atoms with Gasteiger partial charge in [-0.1, -0.05) is 18.2 Å². The van der Waals surface area contributed by atoms with Crippen LogP contribution in [-0.2, 0) is 6.54 Å². The minimum absolute atomic E-state index is 0.215. The van der Waals surface area contributed by atoms with Crippen molar-refractivity contribution < 1.29 is 14.6 Å². The summed E-state index contributed by atoms with van der Waals surface area (Å²) in [6.45, 7) is 4.12. The fourth-order valence-corrected chi connectivity index (χ4v) is 2.69. The van der Waals surface area contributed by atoms with E-state index in [1.165, 1.54) is 0 Å². The number of nitrogens with one attached hydrogen (secondary N) is 1. The minimum atomic E-state index is -0.280. The van der Waals surface area contributed by atoms with Crippen LogP contribution in [0.2, 0.25) is 0 Å². The summed E-state index contributed by atoms with van der Waals surface area (Å²) in [6.07, 6.45) is 1.73. The predicted molar refractivity (Wildman–Crippen MR) is 98.9 cm³/mol. The number of phenolic OH excluding ortho intramolecular Hbond substituents is 1. The van der Waals surface area contributed by atoms with Gasteiger partial charge in [0, 0.05) is 12.7 Å². The standard InChI is InChI=1S/C20H21N3O3/c1-13-7-8-19(26-3)17(11-13)23-10-9-16(22-23)20(25)21-12-15-5-4-6-18(24)14(15)2/h4-11,24H,12H2,1-3H3,(H,21,25). The Kier molecular flexibility index (Phi) is 4.93. The van der Waals surface area contributed by atoms with Gasteiger partial charge in [-0.05, 0) is 54.8 Å². The van der Waals surface area contributed by atoms with Crippen molar-refractivity contribution in [3.05, 3.63) is 71.0 Å². The molecule has 0 unspecified atom stereocenters. The van der Waals surface area contributed by atoms with Crippen molar-refractivity contribution in [3.8, 4) is 17.2 Å². The Morgan fingerprint density at radius 1 is 1.23 bits per heavy atom. The van der Waals surface area contributed by atoms with Crippen LogP contribution in [0.5, 0.6) is 11.5 Å². The smallest absolute Gasteiger partial charge is 0.272 e. The topological polar surface area (TPSA) is 76.4 Å². The second-order valence-electron chi connectivity index (χ2n) is 6.06. The molecule has 0 aliphatic rings. The van der Waals surface area contributed by atoms with E-state index < -0.39 is 0 Å². The zero-order chi connectivity index (χ0) is 18.7. The molecule has 3 rings (SSSR count). The van der Waals surface area contributed by atoms with Crippen LogP contribution in [0.4, 0.5) is 0 Å². The number of aryl methyl sites for hydroxylation is 1. The van der Waals surface area contributed by atoms with Crippen LogP contribution in [0.25, 0.3) is 5.69 Å². The summed E-state index contributed by atoms with van der Waals surface area (Å²) in [5.74, 6) is 0.617. The Morgan fingerprint density at radius 3 is 2.81 bits per heavy atom. The summed E-state index contributed by atoms with van der Waals surface area (Å²) < 4.78 is 6.99. The highest BCUT2D eigenvalue weighted by molar-refractivity contribution is 5.92. The van der Waals surface area contributed by atoms with Crippen LogP contribution in [0.15, 0.2) is 48.7 Å². The maximum absolute atomic E-state index is 12.4. The summed E-state index contributed by atoms with van der Waals surface area (Å²) in [5.41, 5.74) is 3.77. The molecule has 6 heteroatoms.